The fourth-order valence-corrected chi connectivity index (χ4v) is 1.52. The molecule has 1 aliphatic rings. The van der Waals surface area contributed by atoms with E-state index in [4.69, 9.17) is 16.9 Å². The molecule has 2 N–H and O–H groups in total. The summed E-state index contributed by atoms with van der Waals surface area (Å²) in [6.07, 6.45) is 0. The first kappa shape index (κ1) is 9.32. The highest BCUT2D eigenvalue weighted by Crippen LogP contribution is 2.21. The molecular weight excluding hydrogens is 198 g/mol. The van der Waals surface area contributed by atoms with Gasteiger partial charge >= 0.3 is 0 Å². The summed E-state index contributed by atoms with van der Waals surface area (Å²) in [5.41, 5.74) is 1.47. The molecule has 0 aromatic heterocycles. The van der Waals surface area contributed by atoms with E-state index < -0.39 is 0 Å². The van der Waals surface area contributed by atoms with Crippen molar-refractivity contribution in [3.05, 3.63) is 28.8 Å². The van der Waals surface area contributed by atoms with Gasteiger partial charge in [0.2, 0.25) is 0 Å². The molecule has 4 heteroatoms. The Morgan fingerprint density at radius 2 is 2.29 bits per heavy atom. The van der Waals surface area contributed by atoms with Gasteiger partial charge in [0.05, 0.1) is 17.3 Å². The lowest BCUT2D eigenvalue weighted by molar-refractivity contribution is 0.472. The van der Waals surface area contributed by atoms with Crippen LogP contribution >= 0.6 is 11.6 Å². The fraction of sp³-hybridized carbons (Fsp3) is 0.300. The highest BCUT2D eigenvalue weighted by atomic mass is 35.5. The van der Waals surface area contributed by atoms with Gasteiger partial charge in [0.25, 0.3) is 0 Å². The van der Waals surface area contributed by atoms with E-state index in [-0.39, 0.29) is 0 Å². The van der Waals surface area contributed by atoms with Crippen LogP contribution in [-0.2, 0) is 0 Å². The average Bonchev–Trinajstić information content (AvgIpc) is 2.12. The van der Waals surface area contributed by atoms with Gasteiger partial charge in [0.15, 0.2) is 0 Å². The third kappa shape index (κ3) is 1.82. The number of nitrogens with zero attached hydrogens (tertiary/aromatic N) is 1. The number of nitrogens with one attached hydrogen (secondary N) is 2. The van der Waals surface area contributed by atoms with Crippen LogP contribution in [0.1, 0.15) is 5.56 Å². The second kappa shape index (κ2) is 3.87. The first-order valence-corrected chi connectivity index (χ1v) is 4.84. The summed E-state index contributed by atoms with van der Waals surface area (Å²) in [6.45, 7) is 1.88. The van der Waals surface area contributed by atoms with Gasteiger partial charge in [-0.05, 0) is 18.2 Å². The number of rotatable bonds is 2. The second-order valence-corrected chi connectivity index (χ2v) is 3.74. The van der Waals surface area contributed by atoms with Crippen LogP contribution in [0.5, 0.6) is 0 Å². The molecule has 3 nitrogen and oxygen atoms in total. The van der Waals surface area contributed by atoms with E-state index in [9.17, 15) is 0 Å². The van der Waals surface area contributed by atoms with Crippen molar-refractivity contribution in [2.45, 2.75) is 6.04 Å². The molecule has 72 valence electrons. The Kier molecular flexibility index (Phi) is 2.58. The number of nitriles is 1. The monoisotopic (exact) mass is 207 g/mol. The van der Waals surface area contributed by atoms with Gasteiger partial charge in [0.1, 0.15) is 6.07 Å². The smallest absolute Gasteiger partial charge is 0.101 e. The molecule has 14 heavy (non-hydrogen) atoms. The summed E-state index contributed by atoms with van der Waals surface area (Å²) >= 11 is 5.85. The van der Waals surface area contributed by atoms with Crippen LogP contribution in [0.2, 0.25) is 5.02 Å². The molecule has 0 spiro atoms. The Labute approximate surface area is 87.7 Å². The van der Waals surface area contributed by atoms with Gasteiger partial charge in [0, 0.05) is 18.1 Å². The largest absolute Gasteiger partial charge is 0.379 e. The molecule has 2 rings (SSSR count). The van der Waals surface area contributed by atoms with Crippen LogP contribution in [0, 0.1) is 11.3 Å². The predicted molar refractivity (Wildman–Crippen MR) is 56.4 cm³/mol. The van der Waals surface area contributed by atoms with E-state index >= 15 is 0 Å². The topological polar surface area (TPSA) is 47.9 Å². The minimum Gasteiger partial charge on any atom is -0.379 e. The highest BCUT2D eigenvalue weighted by Gasteiger charge is 2.17. The fourth-order valence-electron chi connectivity index (χ4n) is 1.34. The molecule has 0 unspecified atom stereocenters. The van der Waals surface area contributed by atoms with Crippen LogP contribution < -0.4 is 10.6 Å². The highest BCUT2D eigenvalue weighted by molar-refractivity contribution is 6.30. The minimum atomic E-state index is 0.417. The van der Waals surface area contributed by atoms with E-state index in [0.717, 1.165) is 18.8 Å². The van der Waals surface area contributed by atoms with Crippen molar-refractivity contribution in [1.29, 1.82) is 5.26 Å². The first-order chi connectivity index (χ1) is 6.79. The Balaban J connectivity index is 2.21. The molecule has 1 aliphatic heterocycles. The van der Waals surface area contributed by atoms with Gasteiger partial charge in [-0.3, -0.25) is 0 Å². The van der Waals surface area contributed by atoms with E-state index in [1.807, 2.05) is 0 Å². The molecule has 0 atom stereocenters. The summed E-state index contributed by atoms with van der Waals surface area (Å²) in [6, 6.07) is 7.80. The minimum absolute atomic E-state index is 0.417. The van der Waals surface area contributed by atoms with Gasteiger partial charge in [-0.1, -0.05) is 11.6 Å². The molecule has 1 aromatic carbocycles. The van der Waals surface area contributed by atoms with Crippen molar-refractivity contribution in [2.24, 2.45) is 0 Å². The van der Waals surface area contributed by atoms with Crippen LogP contribution in [-0.4, -0.2) is 19.1 Å². The zero-order valence-corrected chi connectivity index (χ0v) is 8.30. The third-order valence-electron chi connectivity index (χ3n) is 2.24. The summed E-state index contributed by atoms with van der Waals surface area (Å²) in [5, 5.41) is 15.9. The van der Waals surface area contributed by atoms with Crippen molar-refractivity contribution >= 4 is 17.3 Å². The van der Waals surface area contributed by atoms with Gasteiger partial charge in [-0.15, -0.1) is 0 Å². The lowest BCUT2D eigenvalue weighted by Gasteiger charge is -2.29. The molecule has 1 fully saturated rings. The van der Waals surface area contributed by atoms with Crippen LogP contribution in [0.15, 0.2) is 18.2 Å². The Hall–Kier alpha value is -1.24. The van der Waals surface area contributed by atoms with Gasteiger partial charge < -0.3 is 10.6 Å². The zero-order chi connectivity index (χ0) is 9.97. The van der Waals surface area contributed by atoms with Gasteiger partial charge in [-0.25, -0.2) is 0 Å². The van der Waals surface area contributed by atoms with Crippen molar-refractivity contribution in [2.75, 3.05) is 18.4 Å². The Morgan fingerprint density at radius 3 is 2.86 bits per heavy atom. The standard InChI is InChI=1S/C10H10ClN3/c11-8-2-1-7(4-12)10(3-8)14-9-5-13-6-9/h1-3,9,13-14H,5-6H2. The summed E-state index contributed by atoms with van der Waals surface area (Å²) in [4.78, 5) is 0. The normalized spacial score (nSPS) is 15.7. The molecule has 0 aliphatic carbocycles. The molecular formula is C10H10ClN3. The van der Waals surface area contributed by atoms with E-state index in [2.05, 4.69) is 16.7 Å². The SMILES string of the molecule is N#Cc1ccc(Cl)cc1NC1CNC1. The maximum absolute atomic E-state index is 8.86. The lowest BCUT2D eigenvalue weighted by Crippen LogP contribution is -2.51. The number of hydrogen-bond donors (Lipinski definition) is 2. The number of halogens is 1. The van der Waals surface area contributed by atoms with Crippen molar-refractivity contribution in [3.63, 3.8) is 0 Å². The zero-order valence-electron chi connectivity index (χ0n) is 7.55. The summed E-state index contributed by atoms with van der Waals surface area (Å²) in [5.74, 6) is 0. The maximum atomic E-state index is 8.86. The Morgan fingerprint density at radius 1 is 1.50 bits per heavy atom. The predicted octanol–water partition coefficient (Wildman–Crippen LogP) is 1.60. The van der Waals surface area contributed by atoms with E-state index in [1.54, 1.807) is 18.2 Å². The molecule has 0 saturated carbocycles. The third-order valence-corrected chi connectivity index (χ3v) is 2.48. The average molecular weight is 208 g/mol. The van der Waals surface area contributed by atoms with Crippen LogP contribution in [0.25, 0.3) is 0 Å². The van der Waals surface area contributed by atoms with Gasteiger partial charge in [-0.2, -0.15) is 5.26 Å². The summed E-state index contributed by atoms with van der Waals surface area (Å²) < 4.78 is 0. The molecule has 1 saturated heterocycles. The number of hydrogen-bond acceptors (Lipinski definition) is 3. The second-order valence-electron chi connectivity index (χ2n) is 3.30. The van der Waals surface area contributed by atoms with Crippen molar-refractivity contribution in [1.82, 2.24) is 5.32 Å². The van der Waals surface area contributed by atoms with E-state index in [0.29, 0.717) is 16.6 Å². The first-order valence-electron chi connectivity index (χ1n) is 4.46. The molecule has 1 aromatic rings. The number of benzene rings is 1. The van der Waals surface area contributed by atoms with Crippen molar-refractivity contribution < 1.29 is 0 Å². The van der Waals surface area contributed by atoms with Crippen molar-refractivity contribution in [3.8, 4) is 6.07 Å². The summed E-state index contributed by atoms with van der Waals surface area (Å²) in [7, 11) is 0. The molecule has 0 bridgehead atoms. The quantitative estimate of drug-likeness (QED) is 0.775. The Bertz CT molecular complexity index is 379. The number of anilines is 1. The van der Waals surface area contributed by atoms with Crippen LogP contribution in [0.3, 0.4) is 0 Å². The molecule has 1 heterocycles. The molecule has 0 amide bonds. The van der Waals surface area contributed by atoms with Crippen LogP contribution in [0.4, 0.5) is 5.69 Å². The van der Waals surface area contributed by atoms with E-state index in [1.165, 1.54) is 0 Å². The maximum Gasteiger partial charge on any atom is 0.101 e. The molecule has 0 radical (unpaired) electrons. The lowest BCUT2D eigenvalue weighted by atomic mass is 10.1.